The fraction of sp³-hybridized carbons (Fsp3) is 0. The van der Waals surface area contributed by atoms with E-state index in [0.29, 0.717) is 5.70 Å². The van der Waals surface area contributed by atoms with Crippen molar-refractivity contribution in [1.29, 1.82) is 5.41 Å². The maximum Gasteiger partial charge on any atom is 0.0403 e. The average Bonchev–Trinajstić information content (AvgIpc) is 2.63. The predicted octanol–water partition coefficient (Wildman–Crippen LogP) is 4.97. The molecule has 0 atom stereocenters. The Morgan fingerprint density at radius 2 is 1.26 bits per heavy atom. The largest absolute Gasteiger partial charge is 0.398 e. The molecule has 23 heavy (non-hydrogen) atoms. The summed E-state index contributed by atoms with van der Waals surface area (Å²) in [4.78, 5) is 0. The lowest BCUT2D eigenvalue weighted by Gasteiger charge is -2.08. The first-order valence-corrected chi connectivity index (χ1v) is 7.50. The molecule has 112 valence electrons. The number of nitrogens with one attached hydrogen (secondary N) is 1. The van der Waals surface area contributed by atoms with E-state index in [4.69, 9.17) is 11.1 Å². The molecule has 0 amide bonds. The number of rotatable bonds is 4. The molecule has 0 aliphatic carbocycles. The van der Waals surface area contributed by atoms with Crippen molar-refractivity contribution >= 4 is 11.9 Å². The SMILES string of the molecule is N=C/C=C(\N)c1cccc(-c2cccc(-c3ccccc3)c2)c1. The third kappa shape index (κ3) is 3.38. The Labute approximate surface area is 136 Å². The molecule has 3 aromatic rings. The smallest absolute Gasteiger partial charge is 0.0403 e. The summed E-state index contributed by atoms with van der Waals surface area (Å²) in [5.41, 5.74) is 12.2. The van der Waals surface area contributed by atoms with Gasteiger partial charge in [0.2, 0.25) is 0 Å². The van der Waals surface area contributed by atoms with Gasteiger partial charge in [0, 0.05) is 11.9 Å². The van der Waals surface area contributed by atoms with Crippen molar-refractivity contribution in [3.8, 4) is 22.3 Å². The second kappa shape index (κ2) is 6.75. The Balaban J connectivity index is 2.01. The molecule has 3 aromatic carbocycles. The molecule has 0 aliphatic rings. The highest BCUT2D eigenvalue weighted by molar-refractivity contribution is 5.83. The van der Waals surface area contributed by atoms with Gasteiger partial charge in [0.1, 0.15) is 0 Å². The zero-order valence-electron chi connectivity index (χ0n) is 12.7. The normalized spacial score (nSPS) is 11.2. The Hall–Kier alpha value is -3.13. The molecule has 0 saturated heterocycles. The fourth-order valence-corrected chi connectivity index (χ4v) is 2.57. The van der Waals surface area contributed by atoms with Crippen LogP contribution in [0.4, 0.5) is 0 Å². The number of allylic oxidation sites excluding steroid dienone is 1. The summed E-state index contributed by atoms with van der Waals surface area (Å²) in [6.45, 7) is 0. The van der Waals surface area contributed by atoms with Crippen molar-refractivity contribution < 1.29 is 0 Å². The first kappa shape index (κ1) is 14.8. The molecule has 0 saturated carbocycles. The average molecular weight is 298 g/mol. The highest BCUT2D eigenvalue weighted by atomic mass is 14.6. The van der Waals surface area contributed by atoms with Gasteiger partial charge in [-0.05, 0) is 46.0 Å². The lowest BCUT2D eigenvalue weighted by atomic mass is 9.97. The van der Waals surface area contributed by atoms with Crippen molar-refractivity contribution in [2.45, 2.75) is 0 Å². The first-order chi connectivity index (χ1) is 11.3. The van der Waals surface area contributed by atoms with Crippen LogP contribution in [0.1, 0.15) is 5.56 Å². The Kier molecular flexibility index (Phi) is 4.34. The van der Waals surface area contributed by atoms with E-state index in [1.54, 1.807) is 6.08 Å². The molecular formula is C21H18N2. The summed E-state index contributed by atoms with van der Waals surface area (Å²) >= 11 is 0. The molecule has 0 heterocycles. The molecule has 2 nitrogen and oxygen atoms in total. The summed E-state index contributed by atoms with van der Waals surface area (Å²) in [5, 5.41) is 7.14. The van der Waals surface area contributed by atoms with Crippen LogP contribution in [0.25, 0.3) is 28.0 Å². The third-order valence-electron chi connectivity index (χ3n) is 3.76. The van der Waals surface area contributed by atoms with E-state index < -0.39 is 0 Å². The van der Waals surface area contributed by atoms with Crippen LogP contribution < -0.4 is 5.73 Å². The van der Waals surface area contributed by atoms with Crippen LogP contribution in [0.15, 0.2) is 84.9 Å². The lowest BCUT2D eigenvalue weighted by molar-refractivity contribution is 1.50. The minimum absolute atomic E-state index is 0.598. The molecule has 3 N–H and O–H groups in total. The summed E-state index contributed by atoms with van der Waals surface area (Å²) in [5.74, 6) is 0. The van der Waals surface area contributed by atoms with Crippen molar-refractivity contribution in [3.05, 3.63) is 90.5 Å². The molecular weight excluding hydrogens is 280 g/mol. The van der Waals surface area contributed by atoms with Crippen LogP contribution in [-0.4, -0.2) is 6.21 Å². The molecule has 3 rings (SSSR count). The first-order valence-electron chi connectivity index (χ1n) is 7.50. The molecule has 0 aromatic heterocycles. The van der Waals surface area contributed by atoms with Gasteiger partial charge in [-0.15, -0.1) is 0 Å². The van der Waals surface area contributed by atoms with E-state index >= 15 is 0 Å². The highest BCUT2D eigenvalue weighted by Crippen LogP contribution is 2.27. The van der Waals surface area contributed by atoms with E-state index in [2.05, 4.69) is 48.5 Å². The van der Waals surface area contributed by atoms with E-state index in [-0.39, 0.29) is 0 Å². The summed E-state index contributed by atoms with van der Waals surface area (Å²) in [7, 11) is 0. The van der Waals surface area contributed by atoms with Gasteiger partial charge in [0.15, 0.2) is 0 Å². The number of hydrogen-bond acceptors (Lipinski definition) is 2. The summed E-state index contributed by atoms with van der Waals surface area (Å²) < 4.78 is 0. The van der Waals surface area contributed by atoms with Gasteiger partial charge < -0.3 is 11.1 Å². The van der Waals surface area contributed by atoms with Gasteiger partial charge in [0.05, 0.1) is 0 Å². The second-order valence-electron chi connectivity index (χ2n) is 5.32. The predicted molar refractivity (Wildman–Crippen MR) is 98.3 cm³/mol. The monoisotopic (exact) mass is 298 g/mol. The number of nitrogens with two attached hydrogens (primary N) is 1. The van der Waals surface area contributed by atoms with Crippen LogP contribution in [-0.2, 0) is 0 Å². The lowest BCUT2D eigenvalue weighted by Crippen LogP contribution is -1.96. The van der Waals surface area contributed by atoms with Gasteiger partial charge in [0.25, 0.3) is 0 Å². The van der Waals surface area contributed by atoms with Gasteiger partial charge in [-0.3, -0.25) is 0 Å². The van der Waals surface area contributed by atoms with Crippen LogP contribution >= 0.6 is 0 Å². The maximum absolute atomic E-state index is 7.14. The summed E-state index contributed by atoms with van der Waals surface area (Å²) in [6.07, 6.45) is 2.80. The van der Waals surface area contributed by atoms with E-state index in [9.17, 15) is 0 Å². The second-order valence-corrected chi connectivity index (χ2v) is 5.32. The van der Waals surface area contributed by atoms with Gasteiger partial charge in [-0.2, -0.15) is 0 Å². The Morgan fingerprint density at radius 1 is 0.696 bits per heavy atom. The standard InChI is InChI=1S/C21H18N2/c22-13-12-21(23)20-11-5-10-19(15-20)18-9-4-8-17(14-18)16-6-2-1-3-7-16/h1-15,22H,23H2/b21-12-,22-13?. The van der Waals surface area contributed by atoms with Gasteiger partial charge in [-0.25, -0.2) is 0 Å². The van der Waals surface area contributed by atoms with Crippen LogP contribution in [0, 0.1) is 5.41 Å². The van der Waals surface area contributed by atoms with Crippen molar-refractivity contribution in [3.63, 3.8) is 0 Å². The molecule has 0 radical (unpaired) electrons. The zero-order valence-corrected chi connectivity index (χ0v) is 12.7. The quantitative estimate of drug-likeness (QED) is 0.656. The van der Waals surface area contributed by atoms with E-state index in [1.807, 2.05) is 30.3 Å². The number of benzene rings is 3. The third-order valence-corrected chi connectivity index (χ3v) is 3.76. The van der Waals surface area contributed by atoms with Crippen LogP contribution in [0.5, 0.6) is 0 Å². The van der Waals surface area contributed by atoms with Crippen molar-refractivity contribution in [2.24, 2.45) is 5.73 Å². The molecule has 0 unspecified atom stereocenters. The van der Waals surface area contributed by atoms with Crippen molar-refractivity contribution in [2.75, 3.05) is 0 Å². The Morgan fingerprint density at radius 3 is 1.96 bits per heavy atom. The summed E-state index contributed by atoms with van der Waals surface area (Å²) in [6, 6.07) is 26.9. The van der Waals surface area contributed by atoms with E-state index in [1.165, 1.54) is 17.3 Å². The van der Waals surface area contributed by atoms with Crippen LogP contribution in [0.3, 0.4) is 0 Å². The van der Waals surface area contributed by atoms with Crippen molar-refractivity contribution in [1.82, 2.24) is 0 Å². The Bertz CT molecular complexity index is 848. The van der Waals surface area contributed by atoms with Gasteiger partial charge >= 0.3 is 0 Å². The zero-order chi connectivity index (χ0) is 16.1. The number of hydrogen-bond donors (Lipinski definition) is 2. The van der Waals surface area contributed by atoms with Gasteiger partial charge in [-0.1, -0.05) is 66.7 Å². The molecule has 0 bridgehead atoms. The minimum atomic E-state index is 0.598. The molecule has 0 aliphatic heterocycles. The fourth-order valence-electron chi connectivity index (χ4n) is 2.57. The highest BCUT2D eigenvalue weighted by Gasteiger charge is 2.03. The molecule has 2 heteroatoms. The minimum Gasteiger partial charge on any atom is -0.398 e. The van der Waals surface area contributed by atoms with Crippen LogP contribution in [0.2, 0.25) is 0 Å². The molecule has 0 spiro atoms. The van der Waals surface area contributed by atoms with E-state index in [0.717, 1.165) is 16.7 Å². The molecule has 0 fully saturated rings. The maximum atomic E-state index is 7.14. The topological polar surface area (TPSA) is 49.9 Å².